The lowest BCUT2D eigenvalue weighted by Gasteiger charge is -2.14. The van der Waals surface area contributed by atoms with Crippen LogP contribution in [-0.4, -0.2) is 55.6 Å². The summed E-state index contributed by atoms with van der Waals surface area (Å²) in [7, 11) is 3.52. The molecule has 0 aliphatic heterocycles. The number of hydrogen-bond acceptors (Lipinski definition) is 6. The number of aromatic nitrogens is 1. The van der Waals surface area contributed by atoms with Crippen LogP contribution in [0.4, 0.5) is 5.69 Å². The summed E-state index contributed by atoms with van der Waals surface area (Å²) in [6.45, 7) is 4.10. The molecule has 0 atom stereocenters. The van der Waals surface area contributed by atoms with Crippen LogP contribution in [0, 0.1) is 6.92 Å². The van der Waals surface area contributed by atoms with Crippen LogP contribution in [0.1, 0.15) is 22.7 Å². The smallest absolute Gasteiger partial charge is 0.234 e. The number of likely N-dealkylation sites (N-methyl/N-ethyl adjacent to an activating group) is 1. The molecule has 0 spiro atoms. The number of hydrogen-bond donors (Lipinski definition) is 2. The van der Waals surface area contributed by atoms with E-state index in [0.29, 0.717) is 26.2 Å². The zero-order valence-electron chi connectivity index (χ0n) is 16.7. The summed E-state index contributed by atoms with van der Waals surface area (Å²) in [6.07, 6.45) is 1.04. The maximum Gasteiger partial charge on any atom is 0.234 e. The summed E-state index contributed by atoms with van der Waals surface area (Å²) < 4.78 is 4.95. The van der Waals surface area contributed by atoms with Crippen molar-refractivity contribution in [3.63, 3.8) is 0 Å². The number of benzene rings is 1. The second-order valence-corrected chi connectivity index (χ2v) is 7.63. The van der Waals surface area contributed by atoms with Crippen molar-refractivity contribution >= 4 is 28.8 Å². The zero-order chi connectivity index (χ0) is 20.4. The number of ether oxygens (including phenoxy) is 1. The van der Waals surface area contributed by atoms with Crippen LogP contribution < -0.4 is 10.6 Å². The maximum absolute atomic E-state index is 12.2. The minimum Gasteiger partial charge on any atom is -0.385 e. The number of thiazole rings is 1. The third kappa shape index (κ3) is 8.16. The van der Waals surface area contributed by atoms with E-state index in [0.717, 1.165) is 28.4 Å². The predicted octanol–water partition coefficient (Wildman–Crippen LogP) is 2.22. The van der Waals surface area contributed by atoms with E-state index in [-0.39, 0.29) is 18.2 Å². The quantitative estimate of drug-likeness (QED) is 0.561. The van der Waals surface area contributed by atoms with E-state index in [1.54, 1.807) is 7.11 Å². The third-order valence-corrected chi connectivity index (χ3v) is 4.84. The van der Waals surface area contributed by atoms with Crippen LogP contribution in [-0.2, 0) is 27.3 Å². The van der Waals surface area contributed by atoms with Crippen molar-refractivity contribution in [1.82, 2.24) is 15.2 Å². The van der Waals surface area contributed by atoms with Gasteiger partial charge in [-0.15, -0.1) is 11.3 Å². The van der Waals surface area contributed by atoms with Crippen molar-refractivity contribution in [1.29, 1.82) is 0 Å². The number of amides is 2. The first-order valence-corrected chi connectivity index (χ1v) is 10.1. The number of carbonyl (C=O) groups excluding carboxylic acids is 2. The van der Waals surface area contributed by atoms with Gasteiger partial charge in [-0.25, -0.2) is 4.98 Å². The number of aryl methyl sites for hydroxylation is 1. The molecule has 0 aliphatic rings. The molecular weight excluding hydrogens is 376 g/mol. The molecule has 0 saturated heterocycles. The number of nitrogens with one attached hydrogen (secondary N) is 2. The number of carbonyl (C=O) groups is 2. The fourth-order valence-electron chi connectivity index (χ4n) is 2.56. The van der Waals surface area contributed by atoms with E-state index in [2.05, 4.69) is 15.6 Å². The normalized spacial score (nSPS) is 10.9. The van der Waals surface area contributed by atoms with Gasteiger partial charge >= 0.3 is 0 Å². The Kier molecular flexibility index (Phi) is 9.06. The van der Waals surface area contributed by atoms with Crippen LogP contribution in [0.25, 0.3) is 0 Å². The molecule has 0 bridgehead atoms. The maximum atomic E-state index is 12.2. The third-order valence-electron chi connectivity index (χ3n) is 3.94. The zero-order valence-corrected chi connectivity index (χ0v) is 17.5. The first kappa shape index (κ1) is 22.0. The fourth-order valence-corrected chi connectivity index (χ4v) is 3.34. The van der Waals surface area contributed by atoms with Gasteiger partial charge in [0.15, 0.2) is 0 Å². The SMILES string of the molecule is COCCCNC(=O)CN(C)Cc1csc(CC(=O)Nc2ccc(C)cc2)n1. The Bertz CT molecular complexity index is 761. The standard InChI is InChI=1S/C20H28N4O3S/c1-15-5-7-16(8-6-15)22-18(25)11-20-23-17(14-28-20)12-24(2)13-19(26)21-9-4-10-27-3/h5-8,14H,4,9-13H2,1-3H3,(H,21,26)(H,22,25). The van der Waals surface area contributed by atoms with Crippen LogP contribution in [0.2, 0.25) is 0 Å². The molecule has 0 saturated carbocycles. The molecule has 1 aromatic heterocycles. The topological polar surface area (TPSA) is 83.6 Å². The first-order chi connectivity index (χ1) is 13.5. The summed E-state index contributed by atoms with van der Waals surface area (Å²) in [5, 5.41) is 8.43. The predicted molar refractivity (Wildman–Crippen MR) is 111 cm³/mol. The number of nitrogens with zero attached hydrogens (tertiary/aromatic N) is 2. The van der Waals surface area contributed by atoms with E-state index < -0.39 is 0 Å². The van der Waals surface area contributed by atoms with Crippen molar-refractivity contribution in [3.8, 4) is 0 Å². The lowest BCUT2D eigenvalue weighted by atomic mass is 10.2. The van der Waals surface area contributed by atoms with E-state index in [4.69, 9.17) is 4.74 Å². The molecule has 2 aromatic rings. The second kappa shape index (κ2) is 11.5. The summed E-state index contributed by atoms with van der Waals surface area (Å²) in [5.41, 5.74) is 2.79. The van der Waals surface area contributed by atoms with Crippen LogP contribution in [0.15, 0.2) is 29.6 Å². The second-order valence-electron chi connectivity index (χ2n) is 6.69. The summed E-state index contributed by atoms with van der Waals surface area (Å²) >= 11 is 1.46. The molecule has 1 heterocycles. The van der Waals surface area contributed by atoms with Crippen LogP contribution >= 0.6 is 11.3 Å². The average Bonchev–Trinajstić information content (AvgIpc) is 3.07. The highest BCUT2D eigenvalue weighted by atomic mass is 32.1. The molecule has 7 nitrogen and oxygen atoms in total. The molecule has 1 aromatic carbocycles. The lowest BCUT2D eigenvalue weighted by molar-refractivity contribution is -0.122. The lowest BCUT2D eigenvalue weighted by Crippen LogP contribution is -2.35. The molecule has 2 N–H and O–H groups in total. The van der Waals surface area contributed by atoms with Crippen LogP contribution in [0.5, 0.6) is 0 Å². The number of rotatable bonds is 11. The Morgan fingerprint density at radius 1 is 1.21 bits per heavy atom. The molecule has 0 radical (unpaired) electrons. The van der Waals surface area contributed by atoms with Crippen molar-refractivity contribution in [2.45, 2.75) is 26.3 Å². The Morgan fingerprint density at radius 3 is 2.68 bits per heavy atom. The molecule has 2 amide bonds. The van der Waals surface area contributed by atoms with Gasteiger partial charge in [-0.05, 0) is 32.5 Å². The molecule has 152 valence electrons. The molecule has 28 heavy (non-hydrogen) atoms. The minimum atomic E-state index is -0.0893. The summed E-state index contributed by atoms with van der Waals surface area (Å²) in [5.74, 6) is -0.111. The Balaban J connectivity index is 1.74. The van der Waals surface area contributed by atoms with Gasteiger partial charge < -0.3 is 15.4 Å². The van der Waals surface area contributed by atoms with Gasteiger partial charge in [-0.2, -0.15) is 0 Å². The molecule has 2 rings (SSSR count). The van der Waals surface area contributed by atoms with Gasteiger partial charge in [0.25, 0.3) is 0 Å². The van der Waals surface area contributed by atoms with E-state index in [1.807, 2.05) is 48.5 Å². The highest BCUT2D eigenvalue weighted by molar-refractivity contribution is 7.09. The molecule has 0 fully saturated rings. The molecule has 0 aliphatic carbocycles. The summed E-state index contributed by atoms with van der Waals surface area (Å²) in [6, 6.07) is 7.69. The number of methoxy groups -OCH3 is 1. The van der Waals surface area contributed by atoms with E-state index >= 15 is 0 Å². The monoisotopic (exact) mass is 404 g/mol. The highest BCUT2D eigenvalue weighted by Crippen LogP contribution is 2.14. The van der Waals surface area contributed by atoms with E-state index in [9.17, 15) is 9.59 Å². The van der Waals surface area contributed by atoms with Gasteiger partial charge in [-0.1, -0.05) is 17.7 Å². The van der Waals surface area contributed by atoms with Crippen molar-refractivity contribution in [2.75, 3.05) is 39.2 Å². The molecule has 0 unspecified atom stereocenters. The largest absolute Gasteiger partial charge is 0.385 e. The van der Waals surface area contributed by atoms with Crippen molar-refractivity contribution in [3.05, 3.63) is 45.9 Å². The Morgan fingerprint density at radius 2 is 1.96 bits per heavy atom. The van der Waals surface area contributed by atoms with Crippen molar-refractivity contribution in [2.24, 2.45) is 0 Å². The summed E-state index contributed by atoms with van der Waals surface area (Å²) in [4.78, 5) is 30.5. The number of anilines is 1. The van der Waals surface area contributed by atoms with Gasteiger partial charge in [0.1, 0.15) is 5.01 Å². The van der Waals surface area contributed by atoms with Gasteiger partial charge in [0, 0.05) is 37.9 Å². The highest BCUT2D eigenvalue weighted by Gasteiger charge is 2.11. The fraction of sp³-hybridized carbons (Fsp3) is 0.450. The van der Waals surface area contributed by atoms with Gasteiger partial charge in [-0.3, -0.25) is 14.5 Å². The van der Waals surface area contributed by atoms with Crippen LogP contribution in [0.3, 0.4) is 0 Å². The van der Waals surface area contributed by atoms with Crippen molar-refractivity contribution < 1.29 is 14.3 Å². The Labute approximate surface area is 170 Å². The van der Waals surface area contributed by atoms with Gasteiger partial charge in [0.2, 0.25) is 11.8 Å². The first-order valence-electron chi connectivity index (χ1n) is 9.20. The molecular formula is C20H28N4O3S. The van der Waals surface area contributed by atoms with E-state index in [1.165, 1.54) is 11.3 Å². The molecule has 8 heteroatoms. The minimum absolute atomic E-state index is 0.0217. The van der Waals surface area contributed by atoms with Gasteiger partial charge in [0.05, 0.1) is 18.7 Å². The average molecular weight is 405 g/mol. The Hall–Kier alpha value is -2.29.